The van der Waals surface area contributed by atoms with Gasteiger partial charge in [-0.25, -0.2) is 4.79 Å². The van der Waals surface area contributed by atoms with Crippen LogP contribution in [0.4, 0.5) is 0 Å². The van der Waals surface area contributed by atoms with E-state index in [1.165, 1.54) is 7.11 Å². The second kappa shape index (κ2) is 11.9. The number of ketones is 1. The molecule has 2 heterocycles. The molecule has 43 heavy (non-hydrogen) atoms. The van der Waals surface area contributed by atoms with Crippen molar-refractivity contribution in [2.45, 2.75) is 64.3 Å². The molecule has 1 aromatic heterocycles. The van der Waals surface area contributed by atoms with Crippen molar-refractivity contribution < 1.29 is 38.4 Å². The number of carbonyl (C=O) groups is 1. The molecule has 0 radical (unpaired) electrons. The molecule has 2 N–H and O–H groups in total. The molecule has 3 aromatic carbocycles. The minimum atomic E-state index is -1.38. The average molecular weight is 589 g/mol. The lowest BCUT2D eigenvalue weighted by Crippen LogP contribution is -2.63. The quantitative estimate of drug-likeness (QED) is 0.221. The van der Waals surface area contributed by atoms with E-state index in [1.807, 2.05) is 31.2 Å². The molecule has 1 fully saturated rings. The number of aliphatic hydroxyl groups is 2. The van der Waals surface area contributed by atoms with Gasteiger partial charge in [-0.15, -0.1) is 0 Å². The Morgan fingerprint density at radius 2 is 1.70 bits per heavy atom. The van der Waals surface area contributed by atoms with Gasteiger partial charge in [0.1, 0.15) is 35.4 Å². The van der Waals surface area contributed by atoms with E-state index in [4.69, 9.17) is 23.4 Å². The lowest BCUT2D eigenvalue weighted by molar-refractivity contribution is -0.306. The second-order valence-corrected chi connectivity index (χ2v) is 11.4. The maximum atomic E-state index is 13.3. The fourth-order valence-corrected chi connectivity index (χ4v) is 5.62. The van der Waals surface area contributed by atoms with Crippen LogP contribution >= 0.6 is 0 Å². The average Bonchev–Trinajstić information content (AvgIpc) is 2.97. The van der Waals surface area contributed by atoms with Crippen LogP contribution in [0, 0.1) is 13.8 Å². The van der Waals surface area contributed by atoms with Gasteiger partial charge in [-0.05, 0) is 69.7 Å². The van der Waals surface area contributed by atoms with Crippen LogP contribution in [-0.4, -0.2) is 60.4 Å². The zero-order valence-electron chi connectivity index (χ0n) is 25.0. The minimum absolute atomic E-state index is 0.148. The van der Waals surface area contributed by atoms with Gasteiger partial charge in [-0.1, -0.05) is 29.8 Å². The van der Waals surface area contributed by atoms with Gasteiger partial charge in [-0.2, -0.15) is 0 Å². The normalized spacial score (nSPS) is 21.5. The smallest absolute Gasteiger partial charge is 0.339 e. The van der Waals surface area contributed by atoms with Crippen LogP contribution in [0.5, 0.6) is 11.5 Å². The molecule has 0 spiro atoms. The number of Topliss-reactive ketones (excluding diaryl/α,β-unsaturated/α-hetero) is 1. The topological polar surface area (TPSA) is 125 Å². The number of hydrogen-bond acceptors (Lipinski definition) is 9. The zero-order chi connectivity index (χ0) is 31.1. The van der Waals surface area contributed by atoms with Gasteiger partial charge >= 0.3 is 5.63 Å². The Balaban J connectivity index is 1.40. The summed E-state index contributed by atoms with van der Waals surface area (Å²) < 4.78 is 28.4. The highest BCUT2D eigenvalue weighted by Gasteiger charge is 2.50. The van der Waals surface area contributed by atoms with E-state index in [2.05, 4.69) is 0 Å². The third kappa shape index (κ3) is 5.94. The summed E-state index contributed by atoms with van der Waals surface area (Å²) in [4.78, 5) is 26.4. The molecule has 4 atom stereocenters. The van der Waals surface area contributed by atoms with E-state index in [0.717, 1.165) is 16.7 Å². The summed E-state index contributed by atoms with van der Waals surface area (Å²) in [6.07, 6.45) is -4.71. The maximum Gasteiger partial charge on any atom is 0.339 e. The van der Waals surface area contributed by atoms with Crippen LogP contribution in [0.15, 0.2) is 69.9 Å². The van der Waals surface area contributed by atoms with Crippen LogP contribution in [-0.2, 0) is 15.9 Å². The van der Waals surface area contributed by atoms with E-state index in [0.29, 0.717) is 28.0 Å². The molecule has 226 valence electrons. The molecule has 5 rings (SSSR count). The number of rotatable bonds is 8. The molecule has 4 aromatic rings. The summed E-state index contributed by atoms with van der Waals surface area (Å²) in [7, 11) is 3.02. The first-order valence-corrected chi connectivity index (χ1v) is 14.0. The number of benzene rings is 3. The highest BCUT2D eigenvalue weighted by molar-refractivity contribution is 5.99. The Morgan fingerprint density at radius 1 is 0.953 bits per heavy atom. The number of methoxy groups -OCH3 is 2. The first-order valence-electron chi connectivity index (χ1n) is 14.0. The predicted molar refractivity (Wildman–Crippen MR) is 161 cm³/mol. The lowest BCUT2D eigenvalue weighted by atomic mass is 9.89. The van der Waals surface area contributed by atoms with E-state index < -0.39 is 35.8 Å². The van der Waals surface area contributed by atoms with Crippen LogP contribution in [0.25, 0.3) is 22.1 Å². The fraction of sp³-hybridized carbons (Fsp3) is 0.353. The molecule has 0 aliphatic carbocycles. The number of ether oxygens (including phenoxy) is 4. The Hall–Kier alpha value is -4.02. The van der Waals surface area contributed by atoms with Crippen LogP contribution in [0.3, 0.4) is 0 Å². The third-order valence-electron chi connectivity index (χ3n) is 7.92. The molecular weight excluding hydrogens is 552 g/mol. The molecule has 1 saturated heterocycles. The second-order valence-electron chi connectivity index (χ2n) is 11.4. The van der Waals surface area contributed by atoms with Gasteiger partial charge in [0.05, 0.1) is 12.7 Å². The van der Waals surface area contributed by atoms with Crippen molar-refractivity contribution in [3.8, 4) is 22.6 Å². The molecule has 9 heteroatoms. The van der Waals surface area contributed by atoms with Crippen molar-refractivity contribution in [1.29, 1.82) is 0 Å². The summed E-state index contributed by atoms with van der Waals surface area (Å²) in [6, 6.07) is 18.1. The van der Waals surface area contributed by atoms with Crippen molar-refractivity contribution in [2.24, 2.45) is 0 Å². The largest absolute Gasteiger partial charge is 0.496 e. The Bertz CT molecular complexity index is 1720. The Kier molecular flexibility index (Phi) is 8.45. The van der Waals surface area contributed by atoms with Gasteiger partial charge < -0.3 is 33.6 Å². The Morgan fingerprint density at radius 3 is 2.40 bits per heavy atom. The van der Waals surface area contributed by atoms with E-state index in [-0.39, 0.29) is 23.4 Å². The van der Waals surface area contributed by atoms with Crippen molar-refractivity contribution in [3.05, 3.63) is 93.3 Å². The predicted octanol–water partition coefficient (Wildman–Crippen LogP) is 4.76. The van der Waals surface area contributed by atoms with Gasteiger partial charge in [0.2, 0.25) is 6.29 Å². The molecule has 0 saturated carbocycles. The van der Waals surface area contributed by atoms with Gasteiger partial charge in [-0.3, -0.25) is 4.79 Å². The maximum absolute atomic E-state index is 13.3. The van der Waals surface area contributed by atoms with Gasteiger partial charge in [0.25, 0.3) is 0 Å². The highest BCUT2D eigenvalue weighted by atomic mass is 16.7. The van der Waals surface area contributed by atoms with Crippen molar-refractivity contribution in [2.75, 3.05) is 14.2 Å². The van der Waals surface area contributed by atoms with Gasteiger partial charge in [0.15, 0.2) is 5.78 Å². The number of aliphatic hydroxyl groups excluding tert-OH is 2. The first-order chi connectivity index (χ1) is 20.4. The Labute approximate surface area is 249 Å². The highest BCUT2D eigenvalue weighted by Crippen LogP contribution is 2.35. The first kappa shape index (κ1) is 30.4. The standard InChI is InChI=1S/C34H36O9/c1-18-8-7-9-20(14-18)24-16-21(10-13-27(24)39-5)25(35)17-23-15-22-11-12-26(19(2)30(22)42-32(23)38)41-33-29(37)28(36)31(40-6)34(3,4)43-33/h7-16,28-29,31,33,36-37H,17H2,1-6H3/t28-,29+,31+,33+/m0/s1. The molecular formula is C34H36O9. The number of aryl methyl sites for hydroxylation is 2. The van der Waals surface area contributed by atoms with Crippen molar-refractivity contribution in [3.63, 3.8) is 0 Å². The number of fused-ring (bicyclic) bond motifs is 1. The zero-order valence-corrected chi connectivity index (χ0v) is 25.0. The third-order valence-corrected chi connectivity index (χ3v) is 7.92. The van der Waals surface area contributed by atoms with E-state index in [1.54, 1.807) is 64.3 Å². The van der Waals surface area contributed by atoms with Crippen LogP contribution in [0.2, 0.25) is 0 Å². The van der Waals surface area contributed by atoms with Crippen molar-refractivity contribution >= 4 is 16.8 Å². The minimum Gasteiger partial charge on any atom is -0.496 e. The fourth-order valence-electron chi connectivity index (χ4n) is 5.62. The summed E-state index contributed by atoms with van der Waals surface area (Å²) in [5.74, 6) is 0.715. The summed E-state index contributed by atoms with van der Waals surface area (Å²) in [6.45, 7) is 7.18. The molecule has 0 unspecified atom stereocenters. The monoisotopic (exact) mass is 588 g/mol. The van der Waals surface area contributed by atoms with Crippen LogP contribution < -0.4 is 15.1 Å². The van der Waals surface area contributed by atoms with E-state index >= 15 is 0 Å². The molecule has 1 aliphatic rings. The number of carbonyl (C=O) groups excluding carboxylic acids is 1. The molecule has 1 aliphatic heterocycles. The summed E-state index contributed by atoms with van der Waals surface area (Å²) in [5, 5.41) is 21.8. The number of hydrogen-bond donors (Lipinski definition) is 2. The summed E-state index contributed by atoms with van der Waals surface area (Å²) >= 11 is 0. The van der Waals surface area contributed by atoms with Crippen LogP contribution in [0.1, 0.15) is 40.9 Å². The van der Waals surface area contributed by atoms with Gasteiger partial charge in [0, 0.05) is 41.2 Å². The molecule has 0 amide bonds. The molecule has 9 nitrogen and oxygen atoms in total. The summed E-state index contributed by atoms with van der Waals surface area (Å²) in [5.41, 5.74) is 2.66. The van der Waals surface area contributed by atoms with Crippen molar-refractivity contribution in [1.82, 2.24) is 0 Å². The van der Waals surface area contributed by atoms with E-state index in [9.17, 15) is 19.8 Å². The molecule has 0 bridgehead atoms. The SMILES string of the molecule is COc1ccc(C(=O)Cc2cc3ccc(O[C@@H]4OC(C)(C)[C@H](OC)[C@@H](O)[C@H]4O)c(C)c3oc2=O)cc1-c1cccc(C)c1. The lowest BCUT2D eigenvalue weighted by Gasteiger charge is -2.46.